The topological polar surface area (TPSA) is 222 Å². The van der Waals surface area contributed by atoms with Gasteiger partial charge in [-0.05, 0) is 61.8 Å². The molecule has 0 unspecified atom stereocenters. The average molecular weight is 719 g/mol. The zero-order chi connectivity index (χ0) is 38.6. The van der Waals surface area contributed by atoms with E-state index >= 15 is 0 Å². The number of hydrogen-bond donors (Lipinski definition) is 7. The lowest BCUT2D eigenvalue weighted by molar-refractivity contribution is -0.136. The molecule has 14 heteroatoms. The summed E-state index contributed by atoms with van der Waals surface area (Å²) in [6.07, 6.45) is -1.62. The van der Waals surface area contributed by atoms with Gasteiger partial charge < -0.3 is 42.0 Å². The minimum absolute atomic E-state index is 0.0726. The van der Waals surface area contributed by atoms with Crippen molar-refractivity contribution in [3.8, 4) is 11.3 Å². The minimum Gasteiger partial charge on any atom is -0.465 e. The maximum Gasteiger partial charge on any atom is 0.407 e. The van der Waals surface area contributed by atoms with Crippen LogP contribution in [0.5, 0.6) is 0 Å². The fourth-order valence-electron chi connectivity index (χ4n) is 5.67. The van der Waals surface area contributed by atoms with Crippen LogP contribution in [0.1, 0.15) is 52.2 Å². The molecule has 0 aliphatic carbocycles. The number of carbonyl (C=O) groups excluding carboxylic acids is 4. The van der Waals surface area contributed by atoms with Gasteiger partial charge in [0.1, 0.15) is 12.1 Å². The Morgan fingerprint density at radius 1 is 0.769 bits per heavy atom. The highest BCUT2D eigenvalue weighted by Crippen LogP contribution is 2.24. The van der Waals surface area contributed by atoms with E-state index in [0.29, 0.717) is 0 Å². The van der Waals surface area contributed by atoms with E-state index < -0.39 is 71.0 Å². The highest BCUT2D eigenvalue weighted by Gasteiger charge is 2.42. The highest BCUT2D eigenvalue weighted by molar-refractivity contribution is 5.94. The minimum atomic E-state index is -1.63. The molecule has 0 radical (unpaired) electrons. The molecule has 0 saturated carbocycles. The fourth-order valence-corrected chi connectivity index (χ4v) is 5.67. The summed E-state index contributed by atoms with van der Waals surface area (Å²) in [4.78, 5) is 68.0. The fraction of sp³-hybridized carbons (Fsp3) is 0.421. The molecule has 52 heavy (non-hydrogen) atoms. The summed E-state index contributed by atoms with van der Waals surface area (Å²) in [5.41, 5.74) is 6.43. The van der Waals surface area contributed by atoms with Gasteiger partial charge in [-0.2, -0.15) is 0 Å². The first-order chi connectivity index (χ1) is 24.4. The first kappa shape index (κ1) is 40.9. The molecule has 1 aromatic heterocycles. The second-order valence-corrected chi connectivity index (χ2v) is 14.3. The molecule has 280 valence electrons. The molecule has 1 heterocycles. The Labute approximate surface area is 303 Å². The largest absolute Gasteiger partial charge is 0.465 e. The first-order valence-corrected chi connectivity index (χ1v) is 16.9. The van der Waals surface area contributed by atoms with Crippen LogP contribution in [0.3, 0.4) is 0 Å². The SMILES string of the molecule is COC(=O)N[C@H](C(=O)N[C@@H](Cc1ccc(-c2ccccn2)cc1)C[C@@H](O)[C@H](Cc1ccccc1)NC(=O)[C@@H](NC(=O)O)C(C)(C)C(N)=O)C(C)(C)C. The third-order valence-electron chi connectivity index (χ3n) is 8.82. The number of carbonyl (C=O) groups is 5. The van der Waals surface area contributed by atoms with Crippen LogP contribution in [0.15, 0.2) is 79.0 Å². The number of primary amides is 1. The van der Waals surface area contributed by atoms with Crippen LogP contribution < -0.4 is 27.0 Å². The van der Waals surface area contributed by atoms with Crippen molar-refractivity contribution in [1.29, 1.82) is 0 Å². The number of nitrogens with one attached hydrogen (secondary N) is 4. The van der Waals surface area contributed by atoms with Gasteiger partial charge in [0.05, 0.1) is 30.4 Å². The average Bonchev–Trinajstić information content (AvgIpc) is 3.09. The van der Waals surface area contributed by atoms with E-state index in [9.17, 15) is 34.2 Å². The van der Waals surface area contributed by atoms with E-state index in [0.717, 1.165) is 22.4 Å². The number of amides is 5. The van der Waals surface area contributed by atoms with Gasteiger partial charge >= 0.3 is 12.2 Å². The molecule has 0 saturated heterocycles. The Bertz CT molecular complexity index is 1660. The van der Waals surface area contributed by atoms with Crippen molar-refractivity contribution in [2.75, 3.05) is 7.11 Å². The number of benzene rings is 2. The third kappa shape index (κ3) is 11.8. The van der Waals surface area contributed by atoms with Crippen molar-refractivity contribution in [2.24, 2.45) is 16.6 Å². The lowest BCUT2D eigenvalue weighted by atomic mass is 9.82. The molecule has 5 atom stereocenters. The Balaban J connectivity index is 1.98. The number of hydrogen-bond acceptors (Lipinski definition) is 8. The third-order valence-corrected chi connectivity index (χ3v) is 8.82. The zero-order valence-corrected chi connectivity index (χ0v) is 30.4. The maximum absolute atomic E-state index is 13.8. The number of aliphatic hydroxyl groups is 1. The summed E-state index contributed by atoms with van der Waals surface area (Å²) in [5, 5.41) is 31.7. The number of nitrogens with zero attached hydrogens (tertiary/aromatic N) is 1. The predicted octanol–water partition coefficient (Wildman–Crippen LogP) is 3.17. The standard InChI is InChI=1S/C38H50N6O8/c1-37(2,3)30(44-36(51)52-6)32(46)41-26(20-24-15-17-25(18-16-24)27-14-10-11-19-40-27)22-29(45)28(21-23-12-8-7-9-13-23)42-33(47)31(43-35(49)50)38(4,5)34(39)48/h7-19,26,28-31,43,45H,20-22H2,1-6H3,(H2,39,48)(H,41,46)(H,42,47)(H,44,51)(H,49,50)/t26-,28-,29+,30+,31+/m0/s1. The van der Waals surface area contributed by atoms with Gasteiger partial charge in [0.25, 0.3) is 0 Å². The molecule has 14 nitrogen and oxygen atoms in total. The second kappa shape index (κ2) is 18.1. The first-order valence-electron chi connectivity index (χ1n) is 16.9. The molecule has 5 amide bonds. The van der Waals surface area contributed by atoms with E-state index in [1.165, 1.54) is 21.0 Å². The normalized spacial score (nSPS) is 14.4. The molecule has 3 aromatic rings. The molecule has 0 fully saturated rings. The lowest BCUT2D eigenvalue weighted by Crippen LogP contribution is -2.61. The summed E-state index contributed by atoms with van der Waals surface area (Å²) < 4.78 is 4.76. The predicted molar refractivity (Wildman–Crippen MR) is 195 cm³/mol. The van der Waals surface area contributed by atoms with Crippen molar-refractivity contribution in [1.82, 2.24) is 26.3 Å². The van der Waals surface area contributed by atoms with Gasteiger partial charge in [-0.25, -0.2) is 9.59 Å². The van der Waals surface area contributed by atoms with E-state index in [1.54, 1.807) is 51.2 Å². The van der Waals surface area contributed by atoms with Crippen molar-refractivity contribution >= 4 is 29.9 Å². The van der Waals surface area contributed by atoms with Crippen LogP contribution in [0.4, 0.5) is 9.59 Å². The smallest absolute Gasteiger partial charge is 0.407 e. The summed E-state index contributed by atoms with van der Waals surface area (Å²) >= 11 is 0. The van der Waals surface area contributed by atoms with Crippen LogP contribution >= 0.6 is 0 Å². The van der Waals surface area contributed by atoms with Crippen molar-refractivity contribution in [2.45, 2.75) is 84.2 Å². The molecule has 2 aromatic carbocycles. The van der Waals surface area contributed by atoms with Crippen LogP contribution in [0, 0.1) is 10.8 Å². The number of pyridine rings is 1. The van der Waals surface area contributed by atoms with Gasteiger partial charge in [-0.3, -0.25) is 19.4 Å². The number of nitrogens with two attached hydrogens (primary N) is 1. The Morgan fingerprint density at radius 3 is 1.90 bits per heavy atom. The second-order valence-electron chi connectivity index (χ2n) is 14.3. The molecule has 0 bridgehead atoms. The summed E-state index contributed by atoms with van der Waals surface area (Å²) in [6.45, 7) is 8.05. The number of aliphatic hydroxyl groups excluding tert-OH is 1. The van der Waals surface area contributed by atoms with Crippen LogP contribution in [-0.4, -0.2) is 82.5 Å². The van der Waals surface area contributed by atoms with Gasteiger partial charge in [-0.1, -0.05) is 81.4 Å². The Kier molecular flexibility index (Phi) is 14.3. The summed E-state index contributed by atoms with van der Waals surface area (Å²) in [5.74, 6) is -2.29. The number of alkyl carbamates (subject to hydrolysis) is 1. The van der Waals surface area contributed by atoms with E-state index in [4.69, 9.17) is 10.5 Å². The van der Waals surface area contributed by atoms with Gasteiger partial charge in [-0.15, -0.1) is 0 Å². The van der Waals surface area contributed by atoms with E-state index in [-0.39, 0.29) is 19.3 Å². The molecule has 3 rings (SSSR count). The zero-order valence-electron chi connectivity index (χ0n) is 30.4. The van der Waals surface area contributed by atoms with E-state index in [2.05, 4.69) is 26.3 Å². The van der Waals surface area contributed by atoms with Crippen molar-refractivity contribution in [3.05, 3.63) is 90.1 Å². The summed E-state index contributed by atoms with van der Waals surface area (Å²) in [7, 11) is 1.20. The lowest BCUT2D eigenvalue weighted by Gasteiger charge is -2.34. The molecule has 0 spiro atoms. The molecular weight excluding hydrogens is 668 g/mol. The van der Waals surface area contributed by atoms with Gasteiger partial charge in [0.2, 0.25) is 17.7 Å². The quantitative estimate of drug-likeness (QED) is 0.115. The monoisotopic (exact) mass is 718 g/mol. The van der Waals surface area contributed by atoms with Gasteiger partial charge in [0.15, 0.2) is 0 Å². The number of ether oxygens (including phenoxy) is 1. The van der Waals surface area contributed by atoms with Crippen LogP contribution in [0.2, 0.25) is 0 Å². The number of aromatic nitrogens is 1. The van der Waals surface area contributed by atoms with Crippen LogP contribution in [0.25, 0.3) is 11.3 Å². The maximum atomic E-state index is 13.8. The number of rotatable bonds is 16. The van der Waals surface area contributed by atoms with E-state index in [1.807, 2.05) is 48.5 Å². The molecule has 8 N–H and O–H groups in total. The van der Waals surface area contributed by atoms with Crippen molar-refractivity contribution in [3.63, 3.8) is 0 Å². The van der Waals surface area contributed by atoms with Crippen LogP contribution in [-0.2, 0) is 32.0 Å². The van der Waals surface area contributed by atoms with Gasteiger partial charge in [0, 0.05) is 17.8 Å². The molecule has 0 aliphatic rings. The summed E-state index contributed by atoms with van der Waals surface area (Å²) in [6, 6.07) is 17.9. The molecule has 0 aliphatic heterocycles. The Hall–Kier alpha value is -5.50. The van der Waals surface area contributed by atoms with Crippen molar-refractivity contribution < 1.29 is 38.9 Å². The number of carboxylic acid groups (broad SMARTS) is 1. The highest BCUT2D eigenvalue weighted by atomic mass is 16.5. The number of methoxy groups -OCH3 is 1. The Morgan fingerprint density at radius 2 is 1.37 bits per heavy atom. The molecular formula is C38H50N6O8.